The van der Waals surface area contributed by atoms with Crippen LogP contribution in [0, 0.1) is 0 Å². The molecule has 0 spiro atoms. The lowest BCUT2D eigenvalue weighted by Gasteiger charge is -2.31. The number of likely N-dealkylation sites (tertiary alicyclic amines) is 1. The van der Waals surface area contributed by atoms with Crippen molar-refractivity contribution >= 4 is 0 Å². The summed E-state index contributed by atoms with van der Waals surface area (Å²) in [4.78, 5) is 2.57. The van der Waals surface area contributed by atoms with Crippen molar-refractivity contribution in [2.75, 3.05) is 13.7 Å². The van der Waals surface area contributed by atoms with Crippen molar-refractivity contribution in [1.29, 1.82) is 0 Å². The molecule has 2 heteroatoms. The summed E-state index contributed by atoms with van der Waals surface area (Å²) >= 11 is 0. The Balaban J connectivity index is 2.51. The van der Waals surface area contributed by atoms with Crippen molar-refractivity contribution < 1.29 is 4.74 Å². The summed E-state index contributed by atoms with van der Waals surface area (Å²) < 4.78 is 5.21. The molecular formula is C10H21NO. The standard InChI is InChI=1S/C10H21NO/c1-8(2)11-9(3)5-6-10(11)7-12-4/h8-10H,5-7H2,1-4H3/t9-,10-/m1/s1. The lowest BCUT2D eigenvalue weighted by molar-refractivity contribution is 0.0794. The Morgan fingerprint density at radius 2 is 2.08 bits per heavy atom. The first-order valence-corrected chi connectivity index (χ1v) is 4.93. The van der Waals surface area contributed by atoms with Crippen LogP contribution in [0.15, 0.2) is 0 Å². The molecule has 2 nitrogen and oxygen atoms in total. The Morgan fingerprint density at radius 3 is 2.58 bits per heavy atom. The predicted octanol–water partition coefficient (Wildman–Crippen LogP) is 1.89. The third-order valence-electron chi connectivity index (χ3n) is 2.80. The molecule has 0 amide bonds. The zero-order valence-corrected chi connectivity index (χ0v) is 8.71. The van der Waals surface area contributed by atoms with Crippen LogP contribution in [-0.2, 0) is 4.74 Å². The predicted molar refractivity (Wildman–Crippen MR) is 51.3 cm³/mol. The molecule has 1 aliphatic rings. The molecule has 0 unspecified atom stereocenters. The molecule has 1 fully saturated rings. The Kier molecular flexibility index (Phi) is 3.53. The average molecular weight is 171 g/mol. The van der Waals surface area contributed by atoms with Gasteiger partial charge in [0.1, 0.15) is 0 Å². The molecule has 0 bridgehead atoms. The monoisotopic (exact) mass is 171 g/mol. The van der Waals surface area contributed by atoms with Gasteiger partial charge in [-0.05, 0) is 33.6 Å². The van der Waals surface area contributed by atoms with Gasteiger partial charge >= 0.3 is 0 Å². The van der Waals surface area contributed by atoms with E-state index in [1.165, 1.54) is 12.8 Å². The van der Waals surface area contributed by atoms with E-state index in [-0.39, 0.29) is 0 Å². The van der Waals surface area contributed by atoms with Crippen LogP contribution < -0.4 is 0 Å². The van der Waals surface area contributed by atoms with E-state index in [0.29, 0.717) is 12.1 Å². The van der Waals surface area contributed by atoms with Gasteiger partial charge in [-0.2, -0.15) is 0 Å². The minimum Gasteiger partial charge on any atom is -0.383 e. The number of hydrogen-bond acceptors (Lipinski definition) is 2. The number of methoxy groups -OCH3 is 1. The van der Waals surface area contributed by atoms with Gasteiger partial charge in [-0.1, -0.05) is 0 Å². The lowest BCUT2D eigenvalue weighted by Crippen LogP contribution is -2.42. The van der Waals surface area contributed by atoms with Crippen LogP contribution in [0.4, 0.5) is 0 Å². The highest BCUT2D eigenvalue weighted by Crippen LogP contribution is 2.25. The van der Waals surface area contributed by atoms with Crippen molar-refractivity contribution in [3.63, 3.8) is 0 Å². The highest BCUT2D eigenvalue weighted by molar-refractivity contribution is 4.86. The summed E-state index contributed by atoms with van der Waals surface area (Å²) in [6.07, 6.45) is 2.62. The van der Waals surface area contributed by atoms with Gasteiger partial charge in [-0.15, -0.1) is 0 Å². The molecule has 12 heavy (non-hydrogen) atoms. The summed E-state index contributed by atoms with van der Waals surface area (Å²) in [6.45, 7) is 7.74. The fourth-order valence-corrected chi connectivity index (χ4v) is 2.38. The minimum atomic E-state index is 0.655. The van der Waals surface area contributed by atoms with Crippen LogP contribution in [0.2, 0.25) is 0 Å². The van der Waals surface area contributed by atoms with Gasteiger partial charge in [0.15, 0.2) is 0 Å². The van der Waals surface area contributed by atoms with Crippen molar-refractivity contribution in [2.45, 2.75) is 51.7 Å². The highest BCUT2D eigenvalue weighted by atomic mass is 16.5. The summed E-state index contributed by atoms with van der Waals surface area (Å²) in [5.41, 5.74) is 0. The molecule has 0 aliphatic carbocycles. The molecule has 0 saturated carbocycles. The fourth-order valence-electron chi connectivity index (χ4n) is 2.38. The molecule has 1 aliphatic heterocycles. The first kappa shape index (κ1) is 10.0. The van der Waals surface area contributed by atoms with Gasteiger partial charge in [0.25, 0.3) is 0 Å². The molecule has 0 aromatic carbocycles. The van der Waals surface area contributed by atoms with E-state index in [2.05, 4.69) is 25.7 Å². The van der Waals surface area contributed by atoms with E-state index in [1.54, 1.807) is 7.11 Å². The molecule has 1 rings (SSSR count). The molecule has 1 heterocycles. The Hall–Kier alpha value is -0.0800. The summed E-state index contributed by atoms with van der Waals surface area (Å²) in [7, 11) is 1.79. The maximum absolute atomic E-state index is 5.21. The normalized spacial score (nSPS) is 31.8. The number of nitrogens with zero attached hydrogens (tertiary/aromatic N) is 1. The van der Waals surface area contributed by atoms with E-state index in [0.717, 1.165) is 12.6 Å². The lowest BCUT2D eigenvalue weighted by atomic mass is 10.2. The van der Waals surface area contributed by atoms with Crippen LogP contribution in [0.1, 0.15) is 33.6 Å². The molecule has 0 aromatic rings. The van der Waals surface area contributed by atoms with Gasteiger partial charge in [-0.25, -0.2) is 0 Å². The first-order valence-electron chi connectivity index (χ1n) is 4.93. The Bertz CT molecular complexity index is 134. The number of ether oxygens (including phenoxy) is 1. The van der Waals surface area contributed by atoms with E-state index in [9.17, 15) is 0 Å². The van der Waals surface area contributed by atoms with E-state index in [1.807, 2.05) is 0 Å². The quantitative estimate of drug-likeness (QED) is 0.643. The molecule has 0 radical (unpaired) electrons. The average Bonchev–Trinajstić information content (AvgIpc) is 2.32. The molecule has 72 valence electrons. The zero-order valence-electron chi connectivity index (χ0n) is 8.71. The van der Waals surface area contributed by atoms with Gasteiger partial charge in [0.2, 0.25) is 0 Å². The van der Waals surface area contributed by atoms with Crippen molar-refractivity contribution in [3.05, 3.63) is 0 Å². The van der Waals surface area contributed by atoms with Crippen molar-refractivity contribution in [3.8, 4) is 0 Å². The van der Waals surface area contributed by atoms with Crippen LogP contribution in [0.5, 0.6) is 0 Å². The maximum Gasteiger partial charge on any atom is 0.0618 e. The zero-order chi connectivity index (χ0) is 9.14. The number of rotatable bonds is 3. The van der Waals surface area contributed by atoms with Crippen molar-refractivity contribution in [2.24, 2.45) is 0 Å². The SMILES string of the molecule is COC[C@H]1CC[C@@H](C)N1C(C)C. The minimum absolute atomic E-state index is 0.655. The molecular weight excluding hydrogens is 150 g/mol. The topological polar surface area (TPSA) is 12.5 Å². The van der Waals surface area contributed by atoms with Crippen LogP contribution in [0.3, 0.4) is 0 Å². The number of hydrogen-bond donors (Lipinski definition) is 0. The van der Waals surface area contributed by atoms with Crippen LogP contribution >= 0.6 is 0 Å². The van der Waals surface area contributed by atoms with Gasteiger partial charge in [0, 0.05) is 25.2 Å². The smallest absolute Gasteiger partial charge is 0.0618 e. The van der Waals surface area contributed by atoms with E-state index in [4.69, 9.17) is 4.74 Å². The van der Waals surface area contributed by atoms with E-state index < -0.39 is 0 Å². The van der Waals surface area contributed by atoms with Gasteiger partial charge in [0.05, 0.1) is 6.61 Å². The molecule has 0 aromatic heterocycles. The second-order valence-corrected chi connectivity index (χ2v) is 4.08. The molecule has 1 saturated heterocycles. The second-order valence-electron chi connectivity index (χ2n) is 4.08. The van der Waals surface area contributed by atoms with Gasteiger partial charge in [-0.3, -0.25) is 4.90 Å². The summed E-state index contributed by atoms with van der Waals surface area (Å²) in [6, 6.07) is 2.05. The van der Waals surface area contributed by atoms with Crippen LogP contribution in [-0.4, -0.2) is 36.7 Å². The van der Waals surface area contributed by atoms with Gasteiger partial charge < -0.3 is 4.74 Å². The fraction of sp³-hybridized carbons (Fsp3) is 1.00. The first-order chi connectivity index (χ1) is 5.66. The Morgan fingerprint density at radius 1 is 1.42 bits per heavy atom. The largest absolute Gasteiger partial charge is 0.383 e. The third kappa shape index (κ3) is 1.99. The Labute approximate surface area is 75.9 Å². The summed E-state index contributed by atoms with van der Waals surface area (Å²) in [5, 5.41) is 0. The summed E-state index contributed by atoms with van der Waals surface area (Å²) in [5.74, 6) is 0. The van der Waals surface area contributed by atoms with Crippen molar-refractivity contribution in [1.82, 2.24) is 4.90 Å². The highest BCUT2D eigenvalue weighted by Gasteiger charge is 2.31. The van der Waals surface area contributed by atoms with E-state index >= 15 is 0 Å². The van der Waals surface area contributed by atoms with Crippen LogP contribution in [0.25, 0.3) is 0 Å². The molecule has 0 N–H and O–H groups in total. The molecule has 2 atom stereocenters. The third-order valence-corrected chi connectivity index (χ3v) is 2.80. The maximum atomic E-state index is 5.21. The second kappa shape index (κ2) is 4.24.